The van der Waals surface area contributed by atoms with Crippen molar-refractivity contribution in [3.63, 3.8) is 0 Å². The first-order chi connectivity index (χ1) is 18.3. The molecule has 0 aliphatic heterocycles. The number of carbonyl (C=O) groups excluding carboxylic acids is 1. The van der Waals surface area contributed by atoms with Gasteiger partial charge in [-0.05, 0) is 63.6 Å². The number of nitrogens with zero attached hydrogens (tertiary/aromatic N) is 3. The van der Waals surface area contributed by atoms with Gasteiger partial charge >= 0.3 is 0 Å². The SMILES string of the molecule is CC(C)(CCO)NCCCOc1ccc2c(Nc3cc(CC(=O)Nc4cccc(F)c4)[nH]n3)ncnc2c1. The molecule has 4 aromatic rings. The summed E-state index contributed by atoms with van der Waals surface area (Å²) in [5.74, 6) is 1.06. The Hall–Kier alpha value is -4.09. The summed E-state index contributed by atoms with van der Waals surface area (Å²) in [6.07, 6.45) is 3.03. The molecule has 0 bridgehead atoms. The van der Waals surface area contributed by atoms with Crippen molar-refractivity contribution in [3.05, 3.63) is 66.4 Å². The van der Waals surface area contributed by atoms with Crippen LogP contribution in [0.25, 0.3) is 10.9 Å². The molecule has 11 heteroatoms. The maximum absolute atomic E-state index is 13.3. The average molecular weight is 522 g/mol. The lowest BCUT2D eigenvalue weighted by atomic mass is 10.0. The number of aliphatic hydroxyl groups is 1. The second-order valence-electron chi connectivity index (χ2n) is 9.53. The van der Waals surface area contributed by atoms with Crippen molar-refractivity contribution in [1.82, 2.24) is 25.5 Å². The standard InChI is InChI=1S/C27H32FN7O3/c1-27(2,9-11-36)31-10-4-12-38-21-7-8-22-23(16-21)29-17-30-26(22)33-24-14-20(34-35-24)15-25(37)32-19-6-3-5-18(28)13-19/h3,5-8,13-14,16-17,31,36H,4,9-12,15H2,1-2H3,(H,32,37)(H2,29,30,33,34,35). The molecule has 0 aliphatic carbocycles. The molecule has 1 amide bonds. The number of amides is 1. The summed E-state index contributed by atoms with van der Waals surface area (Å²) >= 11 is 0. The Kier molecular flexibility index (Phi) is 8.82. The molecule has 0 atom stereocenters. The number of ether oxygens (including phenoxy) is 1. The number of anilines is 3. The first-order valence-corrected chi connectivity index (χ1v) is 12.4. The van der Waals surface area contributed by atoms with Gasteiger partial charge in [-0.1, -0.05) is 6.07 Å². The first kappa shape index (κ1) is 27.0. The van der Waals surface area contributed by atoms with Gasteiger partial charge in [0.1, 0.15) is 23.7 Å². The second-order valence-corrected chi connectivity index (χ2v) is 9.53. The number of halogens is 1. The third kappa shape index (κ3) is 7.70. The smallest absolute Gasteiger partial charge is 0.230 e. The maximum Gasteiger partial charge on any atom is 0.230 e. The molecule has 0 aliphatic rings. The zero-order valence-corrected chi connectivity index (χ0v) is 21.4. The number of hydrogen-bond donors (Lipinski definition) is 5. The minimum absolute atomic E-state index is 0.0465. The van der Waals surface area contributed by atoms with E-state index in [2.05, 4.69) is 50.0 Å². The predicted molar refractivity (Wildman–Crippen MR) is 144 cm³/mol. The van der Waals surface area contributed by atoms with Gasteiger partial charge in [-0.15, -0.1) is 0 Å². The van der Waals surface area contributed by atoms with Crippen LogP contribution >= 0.6 is 0 Å². The molecule has 2 aromatic carbocycles. The summed E-state index contributed by atoms with van der Waals surface area (Å²) < 4.78 is 19.2. The number of nitrogens with one attached hydrogen (secondary N) is 4. The monoisotopic (exact) mass is 521 g/mol. The van der Waals surface area contributed by atoms with Gasteiger partial charge in [0, 0.05) is 41.0 Å². The third-order valence-corrected chi connectivity index (χ3v) is 5.87. The maximum atomic E-state index is 13.3. The van der Waals surface area contributed by atoms with Crippen LogP contribution in [0.1, 0.15) is 32.4 Å². The number of aromatic nitrogens is 4. The van der Waals surface area contributed by atoms with Crippen LogP contribution in [-0.4, -0.2) is 56.5 Å². The summed E-state index contributed by atoms with van der Waals surface area (Å²) in [7, 11) is 0. The molecular formula is C27H32FN7O3. The van der Waals surface area contributed by atoms with Gasteiger partial charge in [0.15, 0.2) is 5.82 Å². The minimum Gasteiger partial charge on any atom is -0.493 e. The molecule has 200 valence electrons. The van der Waals surface area contributed by atoms with E-state index in [0.717, 1.165) is 18.4 Å². The van der Waals surface area contributed by atoms with Gasteiger partial charge < -0.3 is 25.8 Å². The Morgan fingerprint density at radius 2 is 2.03 bits per heavy atom. The van der Waals surface area contributed by atoms with Crippen LogP contribution < -0.4 is 20.7 Å². The van der Waals surface area contributed by atoms with Crippen molar-refractivity contribution in [3.8, 4) is 5.75 Å². The quantitative estimate of drug-likeness (QED) is 0.167. The van der Waals surface area contributed by atoms with Gasteiger partial charge in [-0.2, -0.15) is 5.10 Å². The van der Waals surface area contributed by atoms with Crippen LogP contribution in [0.15, 0.2) is 54.9 Å². The largest absolute Gasteiger partial charge is 0.493 e. The summed E-state index contributed by atoms with van der Waals surface area (Å²) in [5.41, 5.74) is 1.59. The Labute approximate surface area is 220 Å². The van der Waals surface area contributed by atoms with Gasteiger partial charge in [0.2, 0.25) is 5.91 Å². The first-order valence-electron chi connectivity index (χ1n) is 12.4. The van der Waals surface area contributed by atoms with Crippen LogP contribution in [0, 0.1) is 5.82 Å². The highest BCUT2D eigenvalue weighted by atomic mass is 19.1. The fourth-order valence-corrected chi connectivity index (χ4v) is 3.87. The van der Waals surface area contributed by atoms with Gasteiger partial charge in [-0.3, -0.25) is 9.89 Å². The molecular weight excluding hydrogens is 489 g/mol. The molecule has 38 heavy (non-hydrogen) atoms. The molecule has 0 spiro atoms. The fourth-order valence-electron chi connectivity index (χ4n) is 3.87. The number of aliphatic hydroxyl groups excluding tert-OH is 1. The molecule has 2 heterocycles. The van der Waals surface area contributed by atoms with Crippen LogP contribution in [0.2, 0.25) is 0 Å². The normalized spacial score (nSPS) is 11.5. The molecule has 0 radical (unpaired) electrons. The van der Waals surface area contributed by atoms with E-state index in [1.165, 1.54) is 24.5 Å². The van der Waals surface area contributed by atoms with Crippen molar-refractivity contribution in [2.75, 3.05) is 30.4 Å². The molecule has 0 fully saturated rings. The van der Waals surface area contributed by atoms with Crippen molar-refractivity contribution in [1.29, 1.82) is 0 Å². The van der Waals surface area contributed by atoms with Crippen LogP contribution in [0.4, 0.5) is 21.7 Å². The third-order valence-electron chi connectivity index (χ3n) is 5.87. The number of hydrogen-bond acceptors (Lipinski definition) is 8. The van der Waals surface area contributed by atoms with Crippen molar-refractivity contribution >= 4 is 34.1 Å². The highest BCUT2D eigenvalue weighted by molar-refractivity contribution is 5.93. The van der Waals surface area contributed by atoms with Crippen molar-refractivity contribution in [2.45, 2.75) is 38.6 Å². The topological polar surface area (TPSA) is 137 Å². The average Bonchev–Trinajstić information content (AvgIpc) is 3.30. The Morgan fingerprint density at radius 3 is 2.84 bits per heavy atom. The molecule has 2 aromatic heterocycles. The Balaban J connectivity index is 1.31. The van der Waals surface area contributed by atoms with E-state index in [1.54, 1.807) is 12.1 Å². The number of carbonyl (C=O) groups is 1. The lowest BCUT2D eigenvalue weighted by Gasteiger charge is -2.25. The summed E-state index contributed by atoms with van der Waals surface area (Å²) in [6, 6.07) is 13.1. The fraction of sp³-hybridized carbons (Fsp3) is 0.333. The van der Waals surface area contributed by atoms with Gasteiger partial charge in [-0.25, -0.2) is 14.4 Å². The van der Waals surface area contributed by atoms with Crippen LogP contribution in [-0.2, 0) is 11.2 Å². The number of aromatic amines is 1. The number of rotatable bonds is 13. The van der Waals surface area contributed by atoms with E-state index in [9.17, 15) is 9.18 Å². The van der Waals surface area contributed by atoms with E-state index >= 15 is 0 Å². The zero-order chi connectivity index (χ0) is 27.0. The molecule has 0 unspecified atom stereocenters. The van der Waals surface area contributed by atoms with E-state index < -0.39 is 5.82 Å². The Bertz CT molecular complexity index is 1380. The Morgan fingerprint density at radius 1 is 1.16 bits per heavy atom. The number of H-pyrrole nitrogens is 1. The lowest BCUT2D eigenvalue weighted by Crippen LogP contribution is -2.40. The highest BCUT2D eigenvalue weighted by Gasteiger charge is 2.15. The highest BCUT2D eigenvalue weighted by Crippen LogP contribution is 2.26. The van der Waals surface area contributed by atoms with E-state index in [0.29, 0.717) is 47.3 Å². The molecule has 10 nitrogen and oxygen atoms in total. The summed E-state index contributed by atoms with van der Waals surface area (Å²) in [5, 5.41) is 26.2. The summed E-state index contributed by atoms with van der Waals surface area (Å²) in [6.45, 7) is 5.62. The van der Waals surface area contributed by atoms with E-state index in [-0.39, 0.29) is 24.5 Å². The van der Waals surface area contributed by atoms with Crippen molar-refractivity contribution in [2.24, 2.45) is 0 Å². The molecule has 4 rings (SSSR count). The van der Waals surface area contributed by atoms with Gasteiger partial charge in [0.05, 0.1) is 18.5 Å². The summed E-state index contributed by atoms with van der Waals surface area (Å²) in [4.78, 5) is 21.0. The van der Waals surface area contributed by atoms with Crippen molar-refractivity contribution < 1.29 is 19.0 Å². The van der Waals surface area contributed by atoms with E-state index in [4.69, 9.17) is 9.84 Å². The predicted octanol–water partition coefficient (Wildman–Crippen LogP) is 3.94. The minimum atomic E-state index is -0.418. The molecule has 5 N–H and O–H groups in total. The second kappa shape index (κ2) is 12.4. The zero-order valence-electron chi connectivity index (χ0n) is 21.4. The van der Waals surface area contributed by atoms with Crippen LogP contribution in [0.5, 0.6) is 5.75 Å². The number of benzene rings is 2. The van der Waals surface area contributed by atoms with Crippen LogP contribution in [0.3, 0.4) is 0 Å². The van der Waals surface area contributed by atoms with Gasteiger partial charge in [0.25, 0.3) is 0 Å². The molecule has 0 saturated heterocycles. The van der Waals surface area contributed by atoms with E-state index in [1.807, 2.05) is 18.2 Å². The lowest BCUT2D eigenvalue weighted by molar-refractivity contribution is -0.115. The number of fused-ring (bicyclic) bond motifs is 1. The molecule has 0 saturated carbocycles.